The Morgan fingerprint density at radius 3 is 2.63 bits per heavy atom. The Bertz CT molecular complexity index is 424. The van der Waals surface area contributed by atoms with E-state index < -0.39 is 0 Å². The molecule has 5 nitrogen and oxygen atoms in total. The molecule has 104 valence electrons. The van der Waals surface area contributed by atoms with Gasteiger partial charge in [-0.2, -0.15) is 0 Å². The first-order chi connectivity index (χ1) is 9.25. The summed E-state index contributed by atoms with van der Waals surface area (Å²) in [6.45, 7) is 3.16. The Labute approximate surface area is 112 Å². The predicted molar refractivity (Wildman–Crippen MR) is 69.8 cm³/mol. The molecule has 2 fully saturated rings. The van der Waals surface area contributed by atoms with Gasteiger partial charge in [-0.05, 0) is 25.3 Å². The van der Waals surface area contributed by atoms with E-state index in [4.69, 9.17) is 4.42 Å². The molecule has 2 aliphatic rings. The maximum Gasteiger partial charge on any atom is 0.257 e. The molecule has 1 amide bonds. The number of hydrogen-bond donors (Lipinski definition) is 1. The lowest BCUT2D eigenvalue weighted by molar-refractivity contribution is 0.0315. The van der Waals surface area contributed by atoms with Crippen LogP contribution in [0.5, 0.6) is 0 Å². The molecule has 0 spiro atoms. The van der Waals surface area contributed by atoms with Gasteiger partial charge in [-0.15, -0.1) is 0 Å². The summed E-state index contributed by atoms with van der Waals surface area (Å²) in [6, 6.07) is 2.00. The molecule has 1 saturated carbocycles. The standard InChI is InChI=1S/C14H20N2O3/c17-13-3-1-2-12(13)15-5-7-16(8-6-15)14(18)11-4-9-19-10-11/h4,9-10,12-13,17H,1-3,5-8H2/t12-,13+/m1/s1. The topological polar surface area (TPSA) is 56.9 Å². The monoisotopic (exact) mass is 264 g/mol. The second kappa shape index (κ2) is 5.35. The van der Waals surface area contributed by atoms with E-state index >= 15 is 0 Å². The molecular weight excluding hydrogens is 244 g/mol. The van der Waals surface area contributed by atoms with Gasteiger partial charge >= 0.3 is 0 Å². The summed E-state index contributed by atoms with van der Waals surface area (Å²) in [5.74, 6) is 0.0420. The van der Waals surface area contributed by atoms with Gasteiger partial charge in [0.05, 0.1) is 17.9 Å². The number of carbonyl (C=O) groups is 1. The quantitative estimate of drug-likeness (QED) is 0.864. The van der Waals surface area contributed by atoms with Crippen LogP contribution in [0.2, 0.25) is 0 Å². The zero-order valence-electron chi connectivity index (χ0n) is 11.0. The number of aliphatic hydroxyl groups excluding tert-OH is 1. The molecule has 0 bridgehead atoms. The Balaban J connectivity index is 1.56. The minimum Gasteiger partial charge on any atom is -0.472 e. The second-order valence-electron chi connectivity index (χ2n) is 5.41. The van der Waals surface area contributed by atoms with Crippen molar-refractivity contribution in [2.45, 2.75) is 31.4 Å². The van der Waals surface area contributed by atoms with Crippen molar-refractivity contribution in [1.29, 1.82) is 0 Å². The van der Waals surface area contributed by atoms with Gasteiger partial charge in [-0.3, -0.25) is 9.69 Å². The SMILES string of the molecule is O=C(c1ccoc1)N1CCN([C@@H]2CCC[C@@H]2O)CC1. The summed E-state index contributed by atoms with van der Waals surface area (Å²) < 4.78 is 4.95. The van der Waals surface area contributed by atoms with Crippen molar-refractivity contribution in [1.82, 2.24) is 9.80 Å². The smallest absolute Gasteiger partial charge is 0.257 e. The molecule has 1 saturated heterocycles. The van der Waals surface area contributed by atoms with Crippen molar-refractivity contribution in [3.05, 3.63) is 24.2 Å². The number of hydrogen-bond acceptors (Lipinski definition) is 4. The normalized spacial score (nSPS) is 28.8. The fourth-order valence-corrected chi connectivity index (χ4v) is 3.17. The summed E-state index contributed by atoms with van der Waals surface area (Å²) in [5.41, 5.74) is 0.620. The number of rotatable bonds is 2. The summed E-state index contributed by atoms with van der Waals surface area (Å²) in [5, 5.41) is 9.93. The molecular formula is C14H20N2O3. The van der Waals surface area contributed by atoms with Crippen LogP contribution in [0, 0.1) is 0 Å². The summed E-state index contributed by atoms with van der Waals surface area (Å²) in [4.78, 5) is 16.3. The molecule has 0 unspecified atom stereocenters. The first kappa shape index (κ1) is 12.7. The second-order valence-corrected chi connectivity index (χ2v) is 5.41. The zero-order chi connectivity index (χ0) is 13.2. The van der Waals surface area contributed by atoms with Crippen LogP contribution in [0.15, 0.2) is 23.0 Å². The fraction of sp³-hybridized carbons (Fsp3) is 0.643. The zero-order valence-corrected chi connectivity index (χ0v) is 11.0. The first-order valence-electron chi connectivity index (χ1n) is 6.99. The van der Waals surface area contributed by atoms with Crippen LogP contribution < -0.4 is 0 Å². The lowest BCUT2D eigenvalue weighted by atomic mass is 10.1. The molecule has 1 aromatic heterocycles. The number of carbonyl (C=O) groups excluding carboxylic acids is 1. The number of piperazine rings is 1. The highest BCUT2D eigenvalue weighted by molar-refractivity contribution is 5.93. The Morgan fingerprint density at radius 2 is 2.05 bits per heavy atom. The van der Waals surface area contributed by atoms with Crippen LogP contribution in [0.4, 0.5) is 0 Å². The molecule has 2 atom stereocenters. The van der Waals surface area contributed by atoms with Gasteiger partial charge in [-0.25, -0.2) is 0 Å². The van der Waals surface area contributed by atoms with Gasteiger partial charge in [0, 0.05) is 32.2 Å². The number of amides is 1. The minimum atomic E-state index is -0.184. The molecule has 1 aromatic rings. The van der Waals surface area contributed by atoms with Crippen LogP contribution in [0.3, 0.4) is 0 Å². The van der Waals surface area contributed by atoms with Crippen molar-refractivity contribution in [2.75, 3.05) is 26.2 Å². The molecule has 1 N–H and O–H groups in total. The van der Waals surface area contributed by atoms with E-state index in [1.807, 2.05) is 4.90 Å². The minimum absolute atomic E-state index is 0.0420. The highest BCUT2D eigenvalue weighted by atomic mass is 16.3. The van der Waals surface area contributed by atoms with Gasteiger partial charge in [-0.1, -0.05) is 0 Å². The summed E-state index contributed by atoms with van der Waals surface area (Å²) >= 11 is 0. The van der Waals surface area contributed by atoms with E-state index in [0.29, 0.717) is 11.6 Å². The van der Waals surface area contributed by atoms with Crippen molar-refractivity contribution in [3.63, 3.8) is 0 Å². The Morgan fingerprint density at radius 1 is 1.26 bits per heavy atom. The molecule has 0 aromatic carbocycles. The third kappa shape index (κ3) is 2.53. The number of nitrogens with zero attached hydrogens (tertiary/aromatic N) is 2. The number of aliphatic hydroxyl groups is 1. The first-order valence-corrected chi connectivity index (χ1v) is 6.99. The molecule has 1 aliphatic carbocycles. The summed E-state index contributed by atoms with van der Waals surface area (Å²) in [6.07, 6.45) is 5.94. The largest absolute Gasteiger partial charge is 0.472 e. The van der Waals surface area contributed by atoms with Crippen molar-refractivity contribution in [3.8, 4) is 0 Å². The van der Waals surface area contributed by atoms with E-state index in [0.717, 1.165) is 45.4 Å². The van der Waals surface area contributed by atoms with Gasteiger partial charge in [0.15, 0.2) is 0 Å². The highest BCUT2D eigenvalue weighted by Crippen LogP contribution is 2.25. The van der Waals surface area contributed by atoms with E-state index in [1.165, 1.54) is 12.5 Å². The predicted octanol–water partition coefficient (Wildman–Crippen LogP) is 0.951. The van der Waals surface area contributed by atoms with Gasteiger partial charge in [0.1, 0.15) is 6.26 Å². The summed E-state index contributed by atoms with van der Waals surface area (Å²) in [7, 11) is 0. The molecule has 5 heteroatoms. The van der Waals surface area contributed by atoms with Crippen LogP contribution in [-0.2, 0) is 0 Å². The van der Waals surface area contributed by atoms with Gasteiger partial charge in [0.2, 0.25) is 0 Å². The van der Waals surface area contributed by atoms with Crippen LogP contribution in [-0.4, -0.2) is 59.1 Å². The maximum absolute atomic E-state index is 12.2. The molecule has 2 heterocycles. The Kier molecular flexibility index (Phi) is 3.57. The molecule has 3 rings (SSSR count). The van der Waals surface area contributed by atoms with Crippen molar-refractivity contribution in [2.24, 2.45) is 0 Å². The molecule has 1 aliphatic heterocycles. The van der Waals surface area contributed by atoms with Gasteiger partial charge in [0.25, 0.3) is 5.91 Å². The number of furan rings is 1. The van der Waals surface area contributed by atoms with E-state index in [9.17, 15) is 9.90 Å². The van der Waals surface area contributed by atoms with Crippen molar-refractivity contribution < 1.29 is 14.3 Å². The van der Waals surface area contributed by atoms with E-state index in [-0.39, 0.29) is 12.0 Å². The molecule has 0 radical (unpaired) electrons. The van der Waals surface area contributed by atoms with Gasteiger partial charge < -0.3 is 14.4 Å². The lowest BCUT2D eigenvalue weighted by Gasteiger charge is -2.39. The fourth-order valence-electron chi connectivity index (χ4n) is 3.17. The highest BCUT2D eigenvalue weighted by Gasteiger charge is 2.33. The van der Waals surface area contributed by atoms with E-state index in [1.54, 1.807) is 6.07 Å². The van der Waals surface area contributed by atoms with E-state index in [2.05, 4.69) is 4.90 Å². The van der Waals surface area contributed by atoms with Crippen LogP contribution in [0.25, 0.3) is 0 Å². The molecule has 19 heavy (non-hydrogen) atoms. The lowest BCUT2D eigenvalue weighted by Crippen LogP contribution is -2.53. The maximum atomic E-state index is 12.2. The third-order valence-corrected chi connectivity index (χ3v) is 4.28. The van der Waals surface area contributed by atoms with Crippen LogP contribution >= 0.6 is 0 Å². The average molecular weight is 264 g/mol. The van der Waals surface area contributed by atoms with Crippen molar-refractivity contribution >= 4 is 5.91 Å². The third-order valence-electron chi connectivity index (χ3n) is 4.28. The van der Waals surface area contributed by atoms with Crippen LogP contribution in [0.1, 0.15) is 29.6 Å². The Hall–Kier alpha value is -1.33. The average Bonchev–Trinajstić information content (AvgIpc) is 3.09.